The quantitative estimate of drug-likeness (QED) is 0.758. The lowest BCUT2D eigenvalue weighted by Gasteiger charge is -2.11. The zero-order valence-electron chi connectivity index (χ0n) is 11.7. The minimum Gasteiger partial charge on any atom is -0.477 e. The van der Waals surface area contributed by atoms with Crippen LogP contribution >= 0.6 is 0 Å². The van der Waals surface area contributed by atoms with Gasteiger partial charge >= 0.3 is 5.97 Å². The van der Waals surface area contributed by atoms with E-state index in [1.807, 2.05) is 25.1 Å². The summed E-state index contributed by atoms with van der Waals surface area (Å²) in [7, 11) is 0. The Hall–Kier alpha value is -2.56. The van der Waals surface area contributed by atoms with Crippen LogP contribution in [0.25, 0.3) is 22.3 Å². The third kappa shape index (κ3) is 1.57. The number of H-pyrrole nitrogens is 1. The van der Waals surface area contributed by atoms with Gasteiger partial charge in [0.25, 0.3) is 0 Å². The Kier molecular flexibility index (Phi) is 2.45. The Morgan fingerprint density at radius 2 is 2.10 bits per heavy atom. The van der Waals surface area contributed by atoms with Crippen LogP contribution in [-0.4, -0.2) is 25.8 Å². The molecule has 2 N–H and O–H groups in total. The first-order chi connectivity index (χ1) is 10.2. The first-order valence-corrected chi connectivity index (χ1v) is 7.13. The molecule has 0 saturated heterocycles. The van der Waals surface area contributed by atoms with Gasteiger partial charge in [0.05, 0.1) is 5.69 Å². The third-order valence-electron chi connectivity index (χ3n) is 4.23. The number of para-hydroxylation sites is 1. The van der Waals surface area contributed by atoms with E-state index in [-0.39, 0.29) is 0 Å². The number of hydrogen-bond acceptors (Lipinski definition) is 2. The van der Waals surface area contributed by atoms with E-state index >= 15 is 0 Å². The van der Waals surface area contributed by atoms with E-state index < -0.39 is 5.97 Å². The fourth-order valence-corrected chi connectivity index (χ4v) is 3.32. The van der Waals surface area contributed by atoms with Crippen LogP contribution in [0.2, 0.25) is 0 Å². The van der Waals surface area contributed by atoms with Crippen molar-refractivity contribution in [2.75, 3.05) is 0 Å². The highest BCUT2D eigenvalue weighted by molar-refractivity contribution is 5.95. The molecule has 1 aromatic carbocycles. The number of benzene rings is 1. The van der Waals surface area contributed by atoms with E-state index in [0.29, 0.717) is 12.2 Å². The zero-order valence-corrected chi connectivity index (χ0v) is 11.7. The van der Waals surface area contributed by atoms with E-state index in [1.54, 1.807) is 4.68 Å². The number of nitrogens with zero attached hydrogens (tertiary/aromatic N) is 2. The monoisotopic (exact) mass is 281 g/mol. The third-order valence-corrected chi connectivity index (χ3v) is 4.23. The number of rotatable bonds is 2. The molecule has 0 amide bonds. The summed E-state index contributed by atoms with van der Waals surface area (Å²) in [5.74, 6) is -0.898. The Labute approximate surface area is 121 Å². The summed E-state index contributed by atoms with van der Waals surface area (Å²) >= 11 is 0. The number of nitrogens with one attached hydrogen (secondary N) is 1. The summed E-state index contributed by atoms with van der Waals surface area (Å²) in [5, 5.41) is 15.2. The van der Waals surface area contributed by atoms with Crippen molar-refractivity contribution < 1.29 is 9.90 Å². The molecule has 2 aromatic heterocycles. The largest absolute Gasteiger partial charge is 0.477 e. The molecule has 0 aliphatic heterocycles. The normalized spacial score (nSPS) is 13.2. The van der Waals surface area contributed by atoms with Crippen LogP contribution in [0.3, 0.4) is 0 Å². The summed E-state index contributed by atoms with van der Waals surface area (Å²) < 4.78 is 1.59. The van der Waals surface area contributed by atoms with Gasteiger partial charge in [0.1, 0.15) is 11.4 Å². The molecule has 0 fully saturated rings. The highest BCUT2D eigenvalue weighted by Gasteiger charge is 2.29. The molecule has 0 atom stereocenters. The van der Waals surface area contributed by atoms with Gasteiger partial charge in [-0.15, -0.1) is 0 Å². The fourth-order valence-electron chi connectivity index (χ4n) is 3.32. The highest BCUT2D eigenvalue weighted by Crippen LogP contribution is 2.38. The van der Waals surface area contributed by atoms with Gasteiger partial charge in [0.2, 0.25) is 0 Å². The lowest BCUT2D eigenvalue weighted by molar-refractivity contribution is 0.0682. The first-order valence-electron chi connectivity index (χ1n) is 7.13. The van der Waals surface area contributed by atoms with Crippen molar-refractivity contribution in [1.82, 2.24) is 14.8 Å². The number of aromatic amines is 1. The molecule has 5 heteroatoms. The maximum absolute atomic E-state index is 11.5. The lowest BCUT2D eigenvalue weighted by atomic mass is 9.92. The van der Waals surface area contributed by atoms with Gasteiger partial charge in [-0.25, -0.2) is 4.79 Å². The summed E-state index contributed by atoms with van der Waals surface area (Å²) in [6.45, 7) is 2.47. The number of aryl methyl sites for hydroxylation is 2. The maximum atomic E-state index is 11.5. The Bertz CT molecular complexity index is 873. The second kappa shape index (κ2) is 4.22. The van der Waals surface area contributed by atoms with Gasteiger partial charge in [-0.3, -0.25) is 4.68 Å². The van der Waals surface area contributed by atoms with Crippen molar-refractivity contribution in [3.63, 3.8) is 0 Å². The van der Waals surface area contributed by atoms with Crippen LogP contribution < -0.4 is 0 Å². The van der Waals surface area contributed by atoms with Gasteiger partial charge < -0.3 is 10.1 Å². The molecule has 0 radical (unpaired) electrons. The number of carbonyl (C=O) groups is 1. The molecule has 1 aliphatic rings. The molecule has 0 bridgehead atoms. The summed E-state index contributed by atoms with van der Waals surface area (Å²) in [4.78, 5) is 14.9. The average molecular weight is 281 g/mol. The SMILES string of the molecule is CCn1nc2c(c1C(=O)O)CCc1c-2[nH]c2ccccc12. The molecule has 2 heterocycles. The van der Waals surface area contributed by atoms with Crippen LogP contribution in [-0.2, 0) is 19.4 Å². The number of fused-ring (bicyclic) bond motifs is 5. The van der Waals surface area contributed by atoms with Crippen LogP contribution in [0.4, 0.5) is 0 Å². The average Bonchev–Trinajstić information content (AvgIpc) is 3.04. The standard InChI is InChI=1S/C16H15N3O2/c1-2-19-15(16(20)21)11-8-7-10-9-5-3-4-6-12(9)17-13(10)14(11)18-19/h3-6,17H,2,7-8H2,1H3,(H,20,21). The number of hydrogen-bond donors (Lipinski definition) is 2. The molecular formula is C16H15N3O2. The topological polar surface area (TPSA) is 70.9 Å². The van der Waals surface area contributed by atoms with Crippen molar-refractivity contribution in [2.45, 2.75) is 26.3 Å². The van der Waals surface area contributed by atoms with Crippen LogP contribution in [0.15, 0.2) is 24.3 Å². The van der Waals surface area contributed by atoms with E-state index in [0.717, 1.165) is 35.3 Å². The first kappa shape index (κ1) is 12.2. The summed E-state index contributed by atoms with van der Waals surface area (Å²) in [6.07, 6.45) is 1.58. The van der Waals surface area contributed by atoms with Crippen LogP contribution in [0.5, 0.6) is 0 Å². The highest BCUT2D eigenvalue weighted by atomic mass is 16.4. The van der Waals surface area contributed by atoms with Gasteiger partial charge in [-0.1, -0.05) is 18.2 Å². The Morgan fingerprint density at radius 3 is 2.86 bits per heavy atom. The lowest BCUT2D eigenvalue weighted by Crippen LogP contribution is -2.11. The summed E-state index contributed by atoms with van der Waals surface area (Å²) in [6, 6.07) is 8.17. The van der Waals surface area contributed by atoms with Crippen molar-refractivity contribution in [1.29, 1.82) is 0 Å². The molecule has 0 saturated carbocycles. The molecule has 0 unspecified atom stereocenters. The summed E-state index contributed by atoms with van der Waals surface area (Å²) in [5.41, 5.74) is 5.29. The number of carboxylic acid groups (broad SMARTS) is 1. The Morgan fingerprint density at radius 1 is 1.33 bits per heavy atom. The molecule has 0 spiro atoms. The molecule has 21 heavy (non-hydrogen) atoms. The molecule has 106 valence electrons. The van der Waals surface area contributed by atoms with Gasteiger partial charge in [0, 0.05) is 23.0 Å². The second-order valence-corrected chi connectivity index (χ2v) is 5.32. The smallest absolute Gasteiger partial charge is 0.354 e. The fraction of sp³-hybridized carbons (Fsp3) is 0.250. The molecule has 3 aromatic rings. The van der Waals surface area contributed by atoms with Gasteiger partial charge in [-0.05, 0) is 31.4 Å². The Balaban J connectivity index is 2.03. The number of aromatic nitrogens is 3. The molecule has 4 rings (SSSR count). The van der Waals surface area contributed by atoms with E-state index in [9.17, 15) is 9.90 Å². The van der Waals surface area contributed by atoms with Crippen molar-refractivity contribution in [3.8, 4) is 11.4 Å². The minimum atomic E-state index is -0.898. The van der Waals surface area contributed by atoms with Gasteiger partial charge in [0.15, 0.2) is 0 Å². The van der Waals surface area contributed by atoms with Gasteiger partial charge in [-0.2, -0.15) is 5.10 Å². The number of carboxylic acids is 1. The number of aromatic carboxylic acids is 1. The van der Waals surface area contributed by atoms with E-state index in [2.05, 4.69) is 16.1 Å². The predicted molar refractivity (Wildman–Crippen MR) is 79.6 cm³/mol. The zero-order chi connectivity index (χ0) is 14.6. The predicted octanol–water partition coefficient (Wildman–Crippen LogP) is 2.85. The van der Waals surface area contributed by atoms with Crippen LogP contribution in [0, 0.1) is 0 Å². The van der Waals surface area contributed by atoms with Crippen LogP contribution in [0.1, 0.15) is 28.5 Å². The molecule has 5 nitrogen and oxygen atoms in total. The molecular weight excluding hydrogens is 266 g/mol. The van der Waals surface area contributed by atoms with E-state index in [4.69, 9.17) is 0 Å². The van der Waals surface area contributed by atoms with Crippen molar-refractivity contribution in [3.05, 3.63) is 41.1 Å². The maximum Gasteiger partial charge on any atom is 0.354 e. The second-order valence-electron chi connectivity index (χ2n) is 5.32. The van der Waals surface area contributed by atoms with Crippen molar-refractivity contribution in [2.24, 2.45) is 0 Å². The molecule has 1 aliphatic carbocycles. The van der Waals surface area contributed by atoms with E-state index in [1.165, 1.54) is 10.9 Å². The minimum absolute atomic E-state index is 0.330. The van der Waals surface area contributed by atoms with Crippen molar-refractivity contribution >= 4 is 16.9 Å².